The van der Waals surface area contributed by atoms with E-state index in [4.69, 9.17) is 16.3 Å². The van der Waals surface area contributed by atoms with Gasteiger partial charge in [-0.05, 0) is 30.3 Å². The Morgan fingerprint density at radius 2 is 2.04 bits per heavy atom. The number of halogens is 1. The fraction of sp³-hybridized carbons (Fsp3) is 0.0476. The van der Waals surface area contributed by atoms with Crippen LogP contribution in [0.4, 0.5) is 0 Å². The Labute approximate surface area is 164 Å². The van der Waals surface area contributed by atoms with Gasteiger partial charge in [-0.1, -0.05) is 35.9 Å². The zero-order valence-corrected chi connectivity index (χ0v) is 15.5. The third-order valence-electron chi connectivity index (χ3n) is 4.30. The summed E-state index contributed by atoms with van der Waals surface area (Å²) >= 11 is 6.33. The molecule has 0 saturated heterocycles. The number of benzene rings is 2. The molecule has 1 N–H and O–H groups in total. The average molecular weight is 389 g/mol. The molecule has 0 bridgehead atoms. The number of rotatable bonds is 3. The van der Waals surface area contributed by atoms with Gasteiger partial charge in [0.15, 0.2) is 5.82 Å². The largest absolute Gasteiger partial charge is 0.494 e. The zero-order chi connectivity index (χ0) is 19.7. The van der Waals surface area contributed by atoms with Crippen molar-refractivity contribution < 1.29 is 4.74 Å². The highest BCUT2D eigenvalue weighted by Crippen LogP contribution is 2.29. The number of H-pyrrole nitrogens is 1. The molecule has 28 heavy (non-hydrogen) atoms. The Morgan fingerprint density at radius 3 is 2.82 bits per heavy atom. The summed E-state index contributed by atoms with van der Waals surface area (Å²) in [4.78, 5) is 23.7. The normalized spacial score (nSPS) is 11.5. The predicted octanol–water partition coefficient (Wildman–Crippen LogP) is 4.20. The molecule has 0 aliphatic rings. The standard InChI is InChI=1S/C21H13ClN4O2/c1-28-17-8-4-5-12-9-13(19(22)25-18(12)17)10-14(11-23)20-24-16-7-3-2-6-15(16)21(27)26-20/h2-10H,1H3,(H,24,26,27). The van der Waals surface area contributed by atoms with Gasteiger partial charge in [-0.15, -0.1) is 0 Å². The van der Waals surface area contributed by atoms with Crippen molar-refractivity contribution >= 4 is 45.1 Å². The van der Waals surface area contributed by atoms with Gasteiger partial charge in [-0.2, -0.15) is 5.26 Å². The van der Waals surface area contributed by atoms with Crippen LogP contribution in [0.15, 0.2) is 53.3 Å². The van der Waals surface area contributed by atoms with Gasteiger partial charge >= 0.3 is 0 Å². The van der Waals surface area contributed by atoms with Gasteiger partial charge in [0.05, 0.1) is 23.6 Å². The number of nitriles is 1. The first kappa shape index (κ1) is 17.7. The maximum Gasteiger partial charge on any atom is 0.259 e. The number of allylic oxidation sites excluding steroid dienone is 1. The number of nitrogens with one attached hydrogen (secondary N) is 1. The number of pyridine rings is 1. The maximum atomic E-state index is 12.3. The number of hydrogen-bond acceptors (Lipinski definition) is 5. The third kappa shape index (κ3) is 3.08. The van der Waals surface area contributed by atoms with E-state index < -0.39 is 0 Å². The molecular weight excluding hydrogens is 376 g/mol. The lowest BCUT2D eigenvalue weighted by Crippen LogP contribution is -2.11. The second kappa shape index (κ2) is 7.14. The van der Waals surface area contributed by atoms with Crippen LogP contribution in [0.3, 0.4) is 0 Å². The lowest BCUT2D eigenvalue weighted by atomic mass is 10.1. The minimum absolute atomic E-state index is 0.174. The summed E-state index contributed by atoms with van der Waals surface area (Å²) in [5.41, 5.74) is 1.54. The van der Waals surface area contributed by atoms with Crippen LogP contribution < -0.4 is 10.3 Å². The molecule has 0 spiro atoms. The van der Waals surface area contributed by atoms with Crippen molar-refractivity contribution in [1.29, 1.82) is 5.26 Å². The summed E-state index contributed by atoms with van der Waals surface area (Å²) in [7, 11) is 1.56. The molecule has 0 atom stereocenters. The first-order valence-electron chi connectivity index (χ1n) is 8.35. The molecule has 0 amide bonds. The Hall–Kier alpha value is -3.69. The SMILES string of the molecule is COc1cccc2cc(C=C(C#N)c3nc4ccccc4c(=O)[nH]3)c(Cl)nc12. The smallest absolute Gasteiger partial charge is 0.259 e. The lowest BCUT2D eigenvalue weighted by molar-refractivity contribution is 0.419. The lowest BCUT2D eigenvalue weighted by Gasteiger charge is -2.07. The molecule has 4 rings (SSSR count). The number of nitrogens with zero attached hydrogens (tertiary/aromatic N) is 3. The highest BCUT2D eigenvalue weighted by Gasteiger charge is 2.12. The quantitative estimate of drug-likeness (QED) is 0.419. The topological polar surface area (TPSA) is 91.7 Å². The molecule has 4 aromatic rings. The maximum absolute atomic E-state index is 12.3. The number of aromatic nitrogens is 3. The minimum Gasteiger partial charge on any atom is -0.494 e. The van der Waals surface area contributed by atoms with Crippen molar-refractivity contribution in [3.63, 3.8) is 0 Å². The fourth-order valence-corrected chi connectivity index (χ4v) is 3.15. The van der Waals surface area contributed by atoms with E-state index in [9.17, 15) is 10.1 Å². The molecule has 7 heteroatoms. The van der Waals surface area contributed by atoms with E-state index in [0.29, 0.717) is 27.7 Å². The molecule has 2 heterocycles. The third-order valence-corrected chi connectivity index (χ3v) is 4.60. The van der Waals surface area contributed by atoms with Gasteiger partial charge < -0.3 is 9.72 Å². The number of fused-ring (bicyclic) bond motifs is 2. The van der Waals surface area contributed by atoms with Crippen LogP contribution in [-0.2, 0) is 0 Å². The van der Waals surface area contributed by atoms with Gasteiger partial charge in [-0.3, -0.25) is 4.79 Å². The number of aromatic amines is 1. The number of ether oxygens (including phenoxy) is 1. The van der Waals surface area contributed by atoms with Crippen molar-refractivity contribution in [3.05, 3.63) is 75.4 Å². The molecule has 0 unspecified atom stereocenters. The molecular formula is C21H13ClN4O2. The van der Waals surface area contributed by atoms with Gasteiger partial charge in [0.25, 0.3) is 5.56 Å². The first-order chi connectivity index (χ1) is 13.6. The second-order valence-corrected chi connectivity index (χ2v) is 6.36. The molecule has 0 saturated carbocycles. The van der Waals surface area contributed by atoms with Gasteiger partial charge in [0.2, 0.25) is 0 Å². The summed E-state index contributed by atoms with van der Waals surface area (Å²) in [6.45, 7) is 0. The summed E-state index contributed by atoms with van der Waals surface area (Å²) < 4.78 is 5.31. The van der Waals surface area contributed by atoms with Crippen LogP contribution in [-0.4, -0.2) is 22.1 Å². The summed E-state index contributed by atoms with van der Waals surface area (Å²) in [5, 5.41) is 11.1. The fourth-order valence-electron chi connectivity index (χ4n) is 2.95. The van der Waals surface area contributed by atoms with Crippen LogP contribution in [0.25, 0.3) is 33.5 Å². The van der Waals surface area contributed by atoms with Gasteiger partial charge in [0.1, 0.15) is 22.5 Å². The highest BCUT2D eigenvalue weighted by molar-refractivity contribution is 6.31. The van der Waals surface area contributed by atoms with E-state index in [1.807, 2.05) is 18.2 Å². The monoisotopic (exact) mass is 388 g/mol. The molecule has 2 aromatic carbocycles. The van der Waals surface area contributed by atoms with E-state index in [1.54, 1.807) is 43.5 Å². The molecule has 136 valence electrons. The minimum atomic E-state index is -0.311. The van der Waals surface area contributed by atoms with Crippen LogP contribution in [0, 0.1) is 11.3 Å². The molecule has 0 fully saturated rings. The van der Waals surface area contributed by atoms with Gasteiger partial charge in [-0.25, -0.2) is 9.97 Å². The van der Waals surface area contributed by atoms with E-state index in [0.717, 1.165) is 5.39 Å². The molecule has 6 nitrogen and oxygen atoms in total. The summed E-state index contributed by atoms with van der Waals surface area (Å²) in [6, 6.07) is 16.3. The van der Waals surface area contributed by atoms with Gasteiger partial charge in [0, 0.05) is 10.9 Å². The molecule has 0 aliphatic heterocycles. The highest BCUT2D eigenvalue weighted by atomic mass is 35.5. The predicted molar refractivity (Wildman–Crippen MR) is 109 cm³/mol. The Bertz CT molecular complexity index is 1350. The average Bonchev–Trinajstić information content (AvgIpc) is 2.71. The summed E-state index contributed by atoms with van der Waals surface area (Å²) in [6.07, 6.45) is 1.56. The Balaban J connectivity index is 1.88. The van der Waals surface area contributed by atoms with E-state index in [-0.39, 0.29) is 22.1 Å². The van der Waals surface area contributed by atoms with E-state index >= 15 is 0 Å². The second-order valence-electron chi connectivity index (χ2n) is 6.00. The number of para-hydroxylation sites is 2. The van der Waals surface area contributed by atoms with E-state index in [2.05, 4.69) is 21.0 Å². The van der Waals surface area contributed by atoms with Crippen molar-refractivity contribution in [3.8, 4) is 11.8 Å². The number of methoxy groups -OCH3 is 1. The Kier molecular flexibility index (Phi) is 4.52. The summed E-state index contributed by atoms with van der Waals surface area (Å²) in [5.74, 6) is 0.781. The first-order valence-corrected chi connectivity index (χ1v) is 8.73. The van der Waals surface area contributed by atoms with Crippen molar-refractivity contribution in [2.75, 3.05) is 7.11 Å². The number of hydrogen-bond donors (Lipinski definition) is 1. The molecule has 0 aliphatic carbocycles. The van der Waals surface area contributed by atoms with Crippen LogP contribution in [0.1, 0.15) is 11.4 Å². The zero-order valence-electron chi connectivity index (χ0n) is 14.7. The van der Waals surface area contributed by atoms with Crippen molar-refractivity contribution in [1.82, 2.24) is 15.0 Å². The van der Waals surface area contributed by atoms with Crippen LogP contribution >= 0.6 is 11.6 Å². The molecule has 0 radical (unpaired) electrons. The van der Waals surface area contributed by atoms with Crippen molar-refractivity contribution in [2.24, 2.45) is 0 Å². The van der Waals surface area contributed by atoms with E-state index in [1.165, 1.54) is 0 Å². The van der Waals surface area contributed by atoms with Crippen LogP contribution in [0.2, 0.25) is 5.15 Å². The van der Waals surface area contributed by atoms with Crippen molar-refractivity contribution in [2.45, 2.75) is 0 Å². The Morgan fingerprint density at radius 1 is 1.21 bits per heavy atom. The van der Waals surface area contributed by atoms with Crippen LogP contribution in [0.5, 0.6) is 5.75 Å². The molecule has 2 aromatic heterocycles.